The maximum atomic E-state index is 13.3. The van der Waals surface area contributed by atoms with Crippen molar-refractivity contribution in [2.24, 2.45) is 11.3 Å². The Labute approximate surface area is 210 Å². The number of para-hydroxylation sites is 1. The molecule has 2 unspecified atom stereocenters. The molecule has 35 heavy (non-hydrogen) atoms. The number of hydrogen-bond donors (Lipinski definition) is 3. The van der Waals surface area contributed by atoms with Gasteiger partial charge in [-0.15, -0.1) is 0 Å². The minimum Gasteiger partial charge on any atom is -0.464 e. The fourth-order valence-corrected chi connectivity index (χ4v) is 5.51. The van der Waals surface area contributed by atoms with Gasteiger partial charge < -0.3 is 29.8 Å². The normalized spacial score (nSPS) is 19.5. The number of benzene rings is 1. The third-order valence-electron chi connectivity index (χ3n) is 7.12. The summed E-state index contributed by atoms with van der Waals surface area (Å²) >= 11 is 0. The Kier molecular flexibility index (Phi) is 9.62. The highest BCUT2D eigenvalue weighted by Gasteiger charge is 2.43. The summed E-state index contributed by atoms with van der Waals surface area (Å²) in [6.45, 7) is 9.19. The van der Waals surface area contributed by atoms with Gasteiger partial charge in [-0.25, -0.2) is 4.79 Å². The smallest absolute Gasteiger partial charge is 0.317 e. The zero-order valence-electron chi connectivity index (χ0n) is 22.2. The maximum absolute atomic E-state index is 13.3. The van der Waals surface area contributed by atoms with Crippen LogP contribution in [0.1, 0.15) is 64.9 Å². The van der Waals surface area contributed by atoms with Crippen LogP contribution in [0.2, 0.25) is 0 Å². The molecule has 7 heteroatoms. The quantitative estimate of drug-likeness (QED) is 0.393. The van der Waals surface area contributed by atoms with Crippen LogP contribution in [-0.4, -0.2) is 62.5 Å². The van der Waals surface area contributed by atoms with E-state index in [1.807, 2.05) is 36.2 Å². The van der Waals surface area contributed by atoms with Crippen molar-refractivity contribution >= 4 is 17.0 Å². The largest absolute Gasteiger partial charge is 0.464 e. The molecule has 1 aliphatic rings. The van der Waals surface area contributed by atoms with E-state index in [-0.39, 0.29) is 23.4 Å². The summed E-state index contributed by atoms with van der Waals surface area (Å²) in [5.74, 6) is -0.0781. The van der Waals surface area contributed by atoms with E-state index in [9.17, 15) is 9.90 Å². The number of likely N-dealkylation sites (tertiary alicyclic amines) is 1. The number of nitrogens with one attached hydrogen (secondary N) is 2. The first-order chi connectivity index (χ1) is 16.7. The number of rotatable bonds is 11. The van der Waals surface area contributed by atoms with Gasteiger partial charge in [-0.3, -0.25) is 0 Å². The molecule has 0 radical (unpaired) electrons. The van der Waals surface area contributed by atoms with Crippen LogP contribution in [0.5, 0.6) is 0 Å². The number of methoxy groups -OCH3 is 1. The lowest BCUT2D eigenvalue weighted by Crippen LogP contribution is -2.54. The lowest BCUT2D eigenvalue weighted by Gasteiger charge is -2.43. The summed E-state index contributed by atoms with van der Waals surface area (Å²) in [7, 11) is 3.62. The summed E-state index contributed by atoms with van der Waals surface area (Å²) < 4.78 is 11.1. The molecule has 3 atom stereocenters. The Hall–Kier alpha value is -2.09. The summed E-state index contributed by atoms with van der Waals surface area (Å²) in [5, 5.41) is 19.7. The van der Waals surface area contributed by atoms with Crippen LogP contribution in [0.25, 0.3) is 11.0 Å². The first-order valence-corrected chi connectivity index (χ1v) is 13.1. The predicted molar refractivity (Wildman–Crippen MR) is 140 cm³/mol. The number of carbonyl (C=O) groups is 1. The minimum absolute atomic E-state index is 0.0443. The van der Waals surface area contributed by atoms with E-state index >= 15 is 0 Å². The SMILES string of the molecule is CNCC(CC(C)(C)C)NC(=O)N1CCCC([C@@](O)(CCCCOC)c2cccc3ccoc23)C1. The number of unbranched alkanes of at least 4 members (excludes halogenated alkanes) is 1. The van der Waals surface area contributed by atoms with Crippen molar-refractivity contribution in [2.45, 2.75) is 70.9 Å². The van der Waals surface area contributed by atoms with Crippen LogP contribution in [0.3, 0.4) is 0 Å². The molecule has 1 fully saturated rings. The lowest BCUT2D eigenvalue weighted by atomic mass is 9.73. The molecule has 196 valence electrons. The van der Waals surface area contributed by atoms with Gasteiger partial charge in [0, 0.05) is 56.3 Å². The molecule has 2 aromatic rings. The molecule has 2 heterocycles. The second-order valence-electron chi connectivity index (χ2n) is 11.3. The number of likely N-dealkylation sites (N-methyl/N-ethyl adjacent to an activating group) is 1. The molecule has 1 aliphatic heterocycles. The Bertz CT molecular complexity index is 938. The third-order valence-corrected chi connectivity index (χ3v) is 7.12. The molecule has 1 aromatic carbocycles. The molecular formula is C28H45N3O4. The molecule has 3 rings (SSSR count). The molecule has 7 nitrogen and oxygen atoms in total. The number of carbonyl (C=O) groups excluding carboxylic acids is 1. The zero-order chi connectivity index (χ0) is 25.5. The Morgan fingerprint density at radius 3 is 2.80 bits per heavy atom. The van der Waals surface area contributed by atoms with E-state index in [4.69, 9.17) is 9.15 Å². The number of fused-ring (bicyclic) bond motifs is 1. The van der Waals surface area contributed by atoms with Gasteiger partial charge in [-0.2, -0.15) is 0 Å². The van der Waals surface area contributed by atoms with Crippen LogP contribution in [0.15, 0.2) is 34.9 Å². The van der Waals surface area contributed by atoms with Crippen LogP contribution in [0, 0.1) is 11.3 Å². The molecular weight excluding hydrogens is 442 g/mol. The molecule has 0 saturated carbocycles. The lowest BCUT2D eigenvalue weighted by molar-refractivity contribution is -0.0558. The van der Waals surface area contributed by atoms with E-state index in [0.717, 1.165) is 55.2 Å². The average molecular weight is 488 g/mol. The topological polar surface area (TPSA) is 87.0 Å². The third kappa shape index (κ3) is 7.21. The van der Waals surface area contributed by atoms with Crippen LogP contribution < -0.4 is 10.6 Å². The van der Waals surface area contributed by atoms with Gasteiger partial charge in [-0.1, -0.05) is 39.0 Å². The number of aliphatic hydroxyl groups is 1. The van der Waals surface area contributed by atoms with Crippen molar-refractivity contribution in [3.63, 3.8) is 0 Å². The number of urea groups is 1. The fourth-order valence-electron chi connectivity index (χ4n) is 5.51. The van der Waals surface area contributed by atoms with E-state index < -0.39 is 5.60 Å². The van der Waals surface area contributed by atoms with E-state index in [1.165, 1.54) is 0 Å². The highest BCUT2D eigenvalue weighted by molar-refractivity contribution is 5.81. The molecule has 0 spiro atoms. The molecule has 1 saturated heterocycles. The maximum Gasteiger partial charge on any atom is 0.317 e. The average Bonchev–Trinajstić information content (AvgIpc) is 3.30. The minimum atomic E-state index is -1.08. The summed E-state index contributed by atoms with van der Waals surface area (Å²) in [5.41, 5.74) is 0.594. The van der Waals surface area contributed by atoms with Gasteiger partial charge in [0.1, 0.15) is 5.58 Å². The van der Waals surface area contributed by atoms with Gasteiger partial charge in [-0.05, 0) is 57.1 Å². The predicted octanol–water partition coefficient (Wildman–Crippen LogP) is 4.88. The zero-order valence-corrected chi connectivity index (χ0v) is 22.2. The first-order valence-electron chi connectivity index (χ1n) is 13.1. The van der Waals surface area contributed by atoms with Gasteiger partial charge in [0.15, 0.2) is 0 Å². The van der Waals surface area contributed by atoms with Crippen LogP contribution in [0.4, 0.5) is 4.79 Å². The Morgan fingerprint density at radius 2 is 2.09 bits per heavy atom. The number of amides is 2. The van der Waals surface area contributed by atoms with E-state index in [1.54, 1.807) is 13.4 Å². The molecule has 1 aromatic heterocycles. The number of hydrogen-bond acceptors (Lipinski definition) is 5. The Balaban J connectivity index is 1.80. The highest BCUT2D eigenvalue weighted by Crippen LogP contribution is 2.42. The number of piperidine rings is 1. The van der Waals surface area contributed by atoms with Crippen molar-refractivity contribution in [1.82, 2.24) is 15.5 Å². The van der Waals surface area contributed by atoms with E-state index in [2.05, 4.69) is 31.4 Å². The summed E-state index contributed by atoms with van der Waals surface area (Å²) in [6, 6.07) is 7.91. The number of furan rings is 1. The van der Waals surface area contributed by atoms with Crippen LogP contribution >= 0.6 is 0 Å². The van der Waals surface area contributed by atoms with Crippen molar-refractivity contribution in [2.75, 3.05) is 40.4 Å². The standard InChI is InChI=1S/C28H45N3O4/c1-27(2,3)18-23(19-29-4)30-26(32)31-15-9-11-22(20-31)28(33,14-6-7-16-34-5)24-12-8-10-21-13-17-35-25(21)24/h8,10,12-13,17,22-23,29,33H,6-7,9,11,14-16,18-20H2,1-5H3,(H,30,32)/t22?,23?,28-/m0/s1. The number of nitrogens with zero attached hydrogens (tertiary/aromatic N) is 1. The summed E-state index contributed by atoms with van der Waals surface area (Å²) in [6.07, 6.45) is 6.61. The monoisotopic (exact) mass is 487 g/mol. The van der Waals surface area contributed by atoms with Gasteiger partial charge in [0.05, 0.1) is 11.9 Å². The van der Waals surface area contributed by atoms with Crippen LogP contribution in [-0.2, 0) is 10.3 Å². The van der Waals surface area contributed by atoms with Gasteiger partial charge in [0.2, 0.25) is 0 Å². The first kappa shape index (κ1) is 27.5. The van der Waals surface area contributed by atoms with Gasteiger partial charge in [0.25, 0.3) is 0 Å². The van der Waals surface area contributed by atoms with E-state index in [0.29, 0.717) is 26.1 Å². The second kappa shape index (κ2) is 12.2. The molecule has 0 aliphatic carbocycles. The summed E-state index contributed by atoms with van der Waals surface area (Å²) in [4.78, 5) is 15.2. The van der Waals surface area contributed by atoms with Crippen molar-refractivity contribution in [3.05, 3.63) is 36.1 Å². The van der Waals surface area contributed by atoms with Crippen molar-refractivity contribution < 1.29 is 19.1 Å². The number of ether oxygens (including phenoxy) is 1. The van der Waals surface area contributed by atoms with Gasteiger partial charge >= 0.3 is 6.03 Å². The molecule has 0 bridgehead atoms. The molecule has 3 N–H and O–H groups in total. The highest BCUT2D eigenvalue weighted by atomic mass is 16.5. The van der Waals surface area contributed by atoms with Crippen molar-refractivity contribution in [3.8, 4) is 0 Å². The fraction of sp³-hybridized carbons (Fsp3) is 0.679. The van der Waals surface area contributed by atoms with Crippen molar-refractivity contribution in [1.29, 1.82) is 0 Å². The second-order valence-corrected chi connectivity index (χ2v) is 11.3. The molecule has 2 amide bonds. The Morgan fingerprint density at radius 1 is 1.29 bits per heavy atom.